The predicted octanol–water partition coefficient (Wildman–Crippen LogP) is 3.20. The third-order valence-corrected chi connectivity index (χ3v) is 5.58. The second-order valence-electron chi connectivity index (χ2n) is 5.12. The van der Waals surface area contributed by atoms with Gasteiger partial charge in [0, 0.05) is 5.69 Å². The highest BCUT2D eigenvalue weighted by molar-refractivity contribution is 8.01. The number of para-hydroxylation sites is 1. The minimum Gasteiger partial charge on any atom is -0.325 e. The Hall–Kier alpha value is -2.58. The van der Waals surface area contributed by atoms with Gasteiger partial charge in [-0.05, 0) is 30.3 Å². The van der Waals surface area contributed by atoms with Crippen LogP contribution in [0, 0.1) is 0 Å². The average Bonchev–Trinajstić information content (AvgIpc) is 3.14. The van der Waals surface area contributed by atoms with E-state index in [-0.39, 0.29) is 17.3 Å². The van der Waals surface area contributed by atoms with E-state index >= 15 is 0 Å². The summed E-state index contributed by atoms with van der Waals surface area (Å²) in [5.41, 5.74) is 2.71. The average molecular weight is 356 g/mol. The zero-order valence-electron chi connectivity index (χ0n) is 12.3. The zero-order valence-corrected chi connectivity index (χ0v) is 14.0. The van der Waals surface area contributed by atoms with Crippen molar-refractivity contribution in [2.75, 3.05) is 11.1 Å². The number of thioether (sulfide) groups is 1. The van der Waals surface area contributed by atoms with Gasteiger partial charge in [0.15, 0.2) is 4.34 Å². The molecule has 1 amide bonds. The molecule has 0 unspecified atom stereocenters. The molecule has 0 aliphatic heterocycles. The molecule has 3 N–H and O–H groups in total. The SMILES string of the molecule is O=C(CSc1nc2ccccc2s1)Nc1ccc2[nH]c(=O)[nH]c2c1. The topological polar surface area (TPSA) is 90.6 Å². The quantitative estimate of drug-likeness (QED) is 0.490. The van der Waals surface area contributed by atoms with Gasteiger partial charge in [-0.25, -0.2) is 9.78 Å². The Morgan fingerprint density at radius 3 is 2.88 bits per heavy atom. The van der Waals surface area contributed by atoms with Gasteiger partial charge in [-0.15, -0.1) is 11.3 Å². The number of aromatic amines is 2. The molecule has 0 radical (unpaired) electrons. The largest absolute Gasteiger partial charge is 0.325 e. The first-order valence-corrected chi connectivity index (χ1v) is 8.98. The highest BCUT2D eigenvalue weighted by atomic mass is 32.2. The molecule has 0 atom stereocenters. The van der Waals surface area contributed by atoms with Crippen LogP contribution in [0.5, 0.6) is 0 Å². The van der Waals surface area contributed by atoms with Crippen molar-refractivity contribution in [2.24, 2.45) is 0 Å². The molecule has 2 aromatic carbocycles. The predicted molar refractivity (Wildman–Crippen MR) is 97.9 cm³/mol. The highest BCUT2D eigenvalue weighted by Crippen LogP contribution is 2.29. The molecule has 0 saturated carbocycles. The van der Waals surface area contributed by atoms with Crippen molar-refractivity contribution in [1.29, 1.82) is 0 Å². The van der Waals surface area contributed by atoms with Gasteiger partial charge in [-0.1, -0.05) is 23.9 Å². The number of fused-ring (bicyclic) bond motifs is 2. The maximum Gasteiger partial charge on any atom is 0.323 e. The van der Waals surface area contributed by atoms with Crippen LogP contribution in [0.4, 0.5) is 5.69 Å². The van der Waals surface area contributed by atoms with Crippen molar-refractivity contribution in [3.63, 3.8) is 0 Å². The maximum absolute atomic E-state index is 12.1. The molecule has 2 heterocycles. The molecule has 0 spiro atoms. The molecule has 2 aromatic heterocycles. The molecule has 0 aliphatic carbocycles. The summed E-state index contributed by atoms with van der Waals surface area (Å²) in [6.07, 6.45) is 0. The second kappa shape index (κ2) is 6.14. The lowest BCUT2D eigenvalue weighted by Gasteiger charge is -2.04. The fourth-order valence-corrected chi connectivity index (χ4v) is 4.22. The number of amides is 1. The lowest BCUT2D eigenvalue weighted by atomic mass is 10.3. The summed E-state index contributed by atoms with van der Waals surface area (Å²) in [7, 11) is 0. The van der Waals surface area contributed by atoms with E-state index in [0.29, 0.717) is 16.7 Å². The lowest BCUT2D eigenvalue weighted by Crippen LogP contribution is -2.13. The first-order chi connectivity index (χ1) is 11.7. The van der Waals surface area contributed by atoms with E-state index in [1.807, 2.05) is 24.3 Å². The molecule has 4 aromatic rings. The summed E-state index contributed by atoms with van der Waals surface area (Å²) < 4.78 is 1.99. The fourth-order valence-electron chi connectivity index (χ4n) is 2.35. The number of rotatable bonds is 4. The second-order valence-corrected chi connectivity index (χ2v) is 7.38. The Morgan fingerprint density at radius 1 is 1.17 bits per heavy atom. The number of imidazole rings is 1. The van der Waals surface area contributed by atoms with Crippen molar-refractivity contribution in [1.82, 2.24) is 15.0 Å². The summed E-state index contributed by atoms with van der Waals surface area (Å²) in [6, 6.07) is 13.1. The van der Waals surface area contributed by atoms with Gasteiger partial charge in [0.1, 0.15) is 0 Å². The molecule has 24 heavy (non-hydrogen) atoms. The van der Waals surface area contributed by atoms with E-state index in [2.05, 4.69) is 20.3 Å². The van der Waals surface area contributed by atoms with Gasteiger partial charge in [-0.3, -0.25) is 4.79 Å². The number of thiazole rings is 1. The van der Waals surface area contributed by atoms with Crippen LogP contribution >= 0.6 is 23.1 Å². The summed E-state index contributed by atoms with van der Waals surface area (Å²) in [4.78, 5) is 33.2. The highest BCUT2D eigenvalue weighted by Gasteiger charge is 2.08. The molecule has 6 nitrogen and oxygen atoms in total. The Balaban J connectivity index is 1.42. The van der Waals surface area contributed by atoms with Crippen LogP contribution in [0.15, 0.2) is 51.6 Å². The van der Waals surface area contributed by atoms with E-state index in [0.717, 1.165) is 14.6 Å². The van der Waals surface area contributed by atoms with Gasteiger partial charge in [0.2, 0.25) is 5.91 Å². The lowest BCUT2D eigenvalue weighted by molar-refractivity contribution is -0.113. The summed E-state index contributed by atoms with van der Waals surface area (Å²) in [5.74, 6) is 0.165. The van der Waals surface area contributed by atoms with Crippen LogP contribution in [-0.4, -0.2) is 26.6 Å². The van der Waals surface area contributed by atoms with Gasteiger partial charge in [-0.2, -0.15) is 0 Å². The first-order valence-electron chi connectivity index (χ1n) is 7.18. The maximum atomic E-state index is 12.1. The van der Waals surface area contributed by atoms with Crippen LogP contribution in [-0.2, 0) is 4.79 Å². The molecule has 8 heteroatoms. The number of carbonyl (C=O) groups excluding carboxylic acids is 1. The molecular weight excluding hydrogens is 344 g/mol. The summed E-state index contributed by atoms with van der Waals surface area (Å²) in [5, 5.41) is 2.83. The molecule has 4 rings (SSSR count). The zero-order chi connectivity index (χ0) is 16.5. The third kappa shape index (κ3) is 3.06. The molecule has 120 valence electrons. The minimum absolute atomic E-state index is 0.114. The van der Waals surface area contributed by atoms with Gasteiger partial charge >= 0.3 is 5.69 Å². The van der Waals surface area contributed by atoms with Crippen LogP contribution < -0.4 is 11.0 Å². The molecule has 0 saturated heterocycles. The van der Waals surface area contributed by atoms with Crippen molar-refractivity contribution in [3.05, 3.63) is 52.9 Å². The van der Waals surface area contributed by atoms with Crippen molar-refractivity contribution in [3.8, 4) is 0 Å². The van der Waals surface area contributed by atoms with Gasteiger partial charge < -0.3 is 15.3 Å². The first kappa shape index (κ1) is 15.0. The molecule has 0 bridgehead atoms. The summed E-state index contributed by atoms with van der Waals surface area (Å²) >= 11 is 2.99. The van der Waals surface area contributed by atoms with Crippen LogP contribution in [0.1, 0.15) is 0 Å². The smallest absolute Gasteiger partial charge is 0.323 e. The van der Waals surface area contributed by atoms with Gasteiger partial charge in [0.25, 0.3) is 0 Å². The number of anilines is 1. The fraction of sp³-hybridized carbons (Fsp3) is 0.0625. The number of nitrogens with one attached hydrogen (secondary N) is 3. The number of H-pyrrole nitrogens is 2. The number of nitrogens with zero attached hydrogens (tertiary/aromatic N) is 1. The van der Waals surface area contributed by atoms with Crippen molar-refractivity contribution < 1.29 is 4.79 Å². The number of aromatic nitrogens is 3. The Morgan fingerprint density at radius 2 is 2.00 bits per heavy atom. The van der Waals surface area contributed by atoms with E-state index in [1.54, 1.807) is 29.5 Å². The van der Waals surface area contributed by atoms with Crippen molar-refractivity contribution in [2.45, 2.75) is 4.34 Å². The minimum atomic E-state index is -0.264. The number of carbonyl (C=O) groups is 1. The van der Waals surface area contributed by atoms with Crippen LogP contribution in [0.2, 0.25) is 0 Å². The van der Waals surface area contributed by atoms with E-state index in [9.17, 15) is 9.59 Å². The monoisotopic (exact) mass is 356 g/mol. The van der Waals surface area contributed by atoms with E-state index in [4.69, 9.17) is 0 Å². The molecule has 0 aliphatic rings. The Kier molecular flexibility index (Phi) is 3.83. The van der Waals surface area contributed by atoms with E-state index in [1.165, 1.54) is 11.8 Å². The van der Waals surface area contributed by atoms with Crippen molar-refractivity contribution >= 4 is 55.9 Å². The molecule has 0 fully saturated rings. The normalized spacial score (nSPS) is 11.2. The van der Waals surface area contributed by atoms with Crippen LogP contribution in [0.25, 0.3) is 21.3 Å². The van der Waals surface area contributed by atoms with Gasteiger partial charge in [0.05, 0.1) is 27.0 Å². The van der Waals surface area contributed by atoms with Crippen LogP contribution in [0.3, 0.4) is 0 Å². The molecular formula is C16H12N4O2S2. The number of hydrogen-bond acceptors (Lipinski definition) is 5. The Bertz CT molecular complexity index is 1060. The summed E-state index contributed by atoms with van der Waals surface area (Å²) in [6.45, 7) is 0. The standard InChI is InChI=1S/C16H12N4O2S2/c21-14(8-23-16-20-11-3-1-2-4-13(11)24-16)17-9-5-6-10-12(7-9)19-15(22)18-10/h1-7H,8H2,(H,17,21)(H2,18,19,22). The third-order valence-electron chi connectivity index (χ3n) is 3.40. The number of benzene rings is 2. The Labute approximate surface area is 144 Å². The van der Waals surface area contributed by atoms with E-state index < -0.39 is 0 Å². The number of hydrogen-bond donors (Lipinski definition) is 3.